The van der Waals surface area contributed by atoms with Gasteiger partial charge in [0, 0.05) is 5.38 Å². The van der Waals surface area contributed by atoms with Gasteiger partial charge in [-0.2, -0.15) is 0 Å². The number of benzene rings is 1. The molecule has 1 aromatic heterocycles. The van der Waals surface area contributed by atoms with Gasteiger partial charge in [0.05, 0.1) is 23.6 Å². The van der Waals surface area contributed by atoms with Gasteiger partial charge in [-0.05, 0) is 56.9 Å². The number of rotatable bonds is 7. The molecule has 0 atom stereocenters. The average Bonchev–Trinajstić information content (AvgIpc) is 3.34. The van der Waals surface area contributed by atoms with E-state index in [1.807, 2.05) is 13.8 Å². The second-order valence-electron chi connectivity index (χ2n) is 7.53. The maximum absolute atomic E-state index is 13.5. The molecule has 2 aromatic rings. The number of nitrogens with zero attached hydrogens (tertiary/aromatic N) is 1. The Morgan fingerprint density at radius 3 is 2.53 bits per heavy atom. The Morgan fingerprint density at radius 2 is 1.90 bits per heavy atom. The smallest absolute Gasteiger partial charge is 0.311 e. The van der Waals surface area contributed by atoms with E-state index in [2.05, 4.69) is 10.3 Å². The SMILES string of the molecule is CCOC(=O)Cc1csc(NC(=O)C2(S(=O)(=O)c3ccc(C)c(C)c3)CCCC2)n1. The van der Waals surface area contributed by atoms with E-state index in [1.165, 1.54) is 0 Å². The van der Waals surface area contributed by atoms with E-state index in [0.29, 0.717) is 18.5 Å². The molecule has 1 fully saturated rings. The Kier molecular flexibility index (Phi) is 6.62. The van der Waals surface area contributed by atoms with E-state index in [-0.39, 0.29) is 35.9 Å². The van der Waals surface area contributed by atoms with Gasteiger partial charge in [-0.1, -0.05) is 18.9 Å². The normalized spacial score (nSPS) is 15.7. The van der Waals surface area contributed by atoms with Crippen molar-refractivity contribution in [3.8, 4) is 0 Å². The summed E-state index contributed by atoms with van der Waals surface area (Å²) in [6, 6.07) is 4.98. The molecule has 1 N–H and O–H groups in total. The number of carbonyl (C=O) groups is 2. The summed E-state index contributed by atoms with van der Waals surface area (Å²) >= 11 is 1.16. The van der Waals surface area contributed by atoms with Crippen LogP contribution in [0.15, 0.2) is 28.5 Å². The minimum absolute atomic E-state index is 0.00625. The third-order valence-electron chi connectivity index (χ3n) is 5.53. The Balaban J connectivity index is 1.85. The van der Waals surface area contributed by atoms with Crippen LogP contribution in [0.2, 0.25) is 0 Å². The Hall–Kier alpha value is -2.26. The first-order valence-corrected chi connectivity index (χ1v) is 12.3. The molecule has 7 nitrogen and oxygen atoms in total. The molecule has 1 aromatic carbocycles. The van der Waals surface area contributed by atoms with E-state index in [4.69, 9.17) is 4.74 Å². The van der Waals surface area contributed by atoms with Gasteiger partial charge >= 0.3 is 5.97 Å². The maximum atomic E-state index is 13.5. The summed E-state index contributed by atoms with van der Waals surface area (Å²) in [6.45, 7) is 5.78. The molecular formula is C21H26N2O5S2. The number of sulfone groups is 1. The summed E-state index contributed by atoms with van der Waals surface area (Å²) in [7, 11) is -3.89. The summed E-state index contributed by atoms with van der Waals surface area (Å²) in [5, 5.41) is 4.63. The number of hydrogen-bond donors (Lipinski definition) is 1. The van der Waals surface area contributed by atoms with Crippen LogP contribution < -0.4 is 5.32 Å². The Bertz CT molecular complexity index is 1050. The van der Waals surface area contributed by atoms with Gasteiger partial charge in [0.15, 0.2) is 19.7 Å². The quantitative estimate of drug-likeness (QED) is 0.647. The van der Waals surface area contributed by atoms with Crippen LogP contribution in [0.4, 0.5) is 5.13 Å². The van der Waals surface area contributed by atoms with E-state index in [0.717, 1.165) is 22.5 Å². The van der Waals surface area contributed by atoms with Crippen molar-refractivity contribution in [1.29, 1.82) is 0 Å². The fourth-order valence-electron chi connectivity index (χ4n) is 3.69. The molecule has 1 heterocycles. The van der Waals surface area contributed by atoms with Gasteiger partial charge < -0.3 is 10.1 Å². The topological polar surface area (TPSA) is 102 Å². The first kappa shape index (κ1) is 22.4. The molecule has 0 unspecified atom stereocenters. The third kappa shape index (κ3) is 4.27. The van der Waals surface area contributed by atoms with Crippen molar-refractivity contribution < 1.29 is 22.7 Å². The van der Waals surface area contributed by atoms with Crippen LogP contribution in [0, 0.1) is 13.8 Å². The number of esters is 1. The number of thiazole rings is 1. The molecule has 30 heavy (non-hydrogen) atoms. The summed E-state index contributed by atoms with van der Waals surface area (Å²) in [6.07, 6.45) is 1.89. The third-order valence-corrected chi connectivity index (χ3v) is 8.83. The van der Waals surface area contributed by atoms with Gasteiger partial charge in [-0.15, -0.1) is 11.3 Å². The van der Waals surface area contributed by atoms with Crippen molar-refractivity contribution in [2.45, 2.75) is 62.5 Å². The van der Waals surface area contributed by atoms with Gasteiger partial charge in [-0.3, -0.25) is 9.59 Å². The maximum Gasteiger partial charge on any atom is 0.311 e. The highest BCUT2D eigenvalue weighted by Crippen LogP contribution is 2.42. The number of carbonyl (C=O) groups excluding carboxylic acids is 2. The molecule has 162 valence electrons. The second-order valence-corrected chi connectivity index (χ2v) is 10.6. The van der Waals surface area contributed by atoms with Crippen LogP contribution in [0.5, 0.6) is 0 Å². The molecule has 3 rings (SSSR count). The molecule has 1 aliphatic rings. The van der Waals surface area contributed by atoms with E-state index < -0.39 is 26.5 Å². The lowest BCUT2D eigenvalue weighted by atomic mass is 10.1. The van der Waals surface area contributed by atoms with Crippen molar-refractivity contribution >= 4 is 38.2 Å². The first-order valence-electron chi connectivity index (χ1n) is 9.93. The lowest BCUT2D eigenvalue weighted by molar-refractivity contribution is -0.142. The largest absolute Gasteiger partial charge is 0.466 e. The number of ether oxygens (including phenoxy) is 1. The highest BCUT2D eigenvalue weighted by molar-refractivity contribution is 7.93. The minimum Gasteiger partial charge on any atom is -0.466 e. The number of amides is 1. The summed E-state index contributed by atoms with van der Waals surface area (Å²) in [4.78, 5) is 29.3. The molecule has 1 saturated carbocycles. The lowest BCUT2D eigenvalue weighted by Crippen LogP contribution is -2.47. The van der Waals surface area contributed by atoms with Crippen molar-refractivity contribution in [2.75, 3.05) is 11.9 Å². The summed E-state index contributed by atoms with van der Waals surface area (Å²) < 4.78 is 30.5. The molecule has 9 heteroatoms. The van der Waals surface area contributed by atoms with Gasteiger partial charge in [0.2, 0.25) is 5.91 Å². The number of hydrogen-bond acceptors (Lipinski definition) is 7. The fraction of sp³-hybridized carbons (Fsp3) is 0.476. The molecule has 0 spiro atoms. The Morgan fingerprint density at radius 1 is 1.20 bits per heavy atom. The molecule has 0 radical (unpaired) electrons. The number of aromatic nitrogens is 1. The monoisotopic (exact) mass is 450 g/mol. The van der Waals surface area contributed by atoms with Gasteiger partial charge in [-0.25, -0.2) is 13.4 Å². The molecule has 1 aliphatic carbocycles. The van der Waals surface area contributed by atoms with Crippen molar-refractivity contribution in [1.82, 2.24) is 4.98 Å². The highest BCUT2D eigenvalue weighted by Gasteiger charge is 2.53. The second kappa shape index (κ2) is 8.85. The minimum atomic E-state index is -3.89. The average molecular weight is 451 g/mol. The van der Waals surface area contributed by atoms with Crippen LogP contribution in [0.3, 0.4) is 0 Å². The number of nitrogens with one attached hydrogen (secondary N) is 1. The fourth-order valence-corrected chi connectivity index (χ4v) is 6.54. The molecular weight excluding hydrogens is 424 g/mol. The molecule has 0 saturated heterocycles. The molecule has 1 amide bonds. The standard InChI is InChI=1S/C21H26N2O5S2/c1-4-28-18(24)12-16-13-29-20(22-16)23-19(25)21(9-5-6-10-21)30(26,27)17-8-7-14(2)15(3)11-17/h7-8,11,13H,4-6,9-10,12H2,1-3H3,(H,22,23,25). The van der Waals surface area contributed by atoms with Crippen LogP contribution in [-0.2, 0) is 30.6 Å². The van der Waals surface area contributed by atoms with E-state index >= 15 is 0 Å². The molecule has 0 aliphatic heterocycles. The van der Waals surface area contributed by atoms with Crippen molar-refractivity contribution in [2.24, 2.45) is 0 Å². The van der Waals surface area contributed by atoms with Crippen LogP contribution in [0.1, 0.15) is 49.4 Å². The predicted molar refractivity (Wildman–Crippen MR) is 115 cm³/mol. The summed E-state index contributed by atoms with van der Waals surface area (Å²) in [5.41, 5.74) is 2.34. The zero-order valence-electron chi connectivity index (χ0n) is 17.4. The first-order chi connectivity index (χ1) is 14.2. The highest BCUT2D eigenvalue weighted by atomic mass is 32.2. The summed E-state index contributed by atoms with van der Waals surface area (Å²) in [5.74, 6) is -0.958. The zero-order valence-corrected chi connectivity index (χ0v) is 19.0. The lowest BCUT2D eigenvalue weighted by Gasteiger charge is -2.27. The van der Waals surface area contributed by atoms with Crippen molar-refractivity contribution in [3.05, 3.63) is 40.4 Å². The van der Waals surface area contributed by atoms with Crippen LogP contribution in [0.25, 0.3) is 0 Å². The van der Waals surface area contributed by atoms with E-state index in [1.54, 1.807) is 30.5 Å². The number of aryl methyl sites for hydroxylation is 2. The van der Waals surface area contributed by atoms with Crippen LogP contribution in [-0.4, -0.2) is 36.6 Å². The predicted octanol–water partition coefficient (Wildman–Crippen LogP) is 3.59. The molecule has 0 bridgehead atoms. The van der Waals surface area contributed by atoms with Gasteiger partial charge in [0.1, 0.15) is 0 Å². The zero-order chi connectivity index (χ0) is 21.9. The number of anilines is 1. The van der Waals surface area contributed by atoms with Crippen molar-refractivity contribution in [3.63, 3.8) is 0 Å². The van der Waals surface area contributed by atoms with E-state index in [9.17, 15) is 18.0 Å². The van der Waals surface area contributed by atoms with Crippen LogP contribution >= 0.6 is 11.3 Å². The van der Waals surface area contributed by atoms with Gasteiger partial charge in [0.25, 0.3) is 0 Å². The Labute approximate surface area is 180 Å².